The van der Waals surface area contributed by atoms with Gasteiger partial charge in [-0.05, 0) is 12.5 Å². The number of carbonyl (C=O) groups is 1. The van der Waals surface area contributed by atoms with Gasteiger partial charge in [0.15, 0.2) is 4.96 Å². The molecule has 2 heterocycles. The number of nitrogens with zero attached hydrogens (tertiary/aromatic N) is 2. The minimum absolute atomic E-state index is 0.0304. The second-order valence-electron chi connectivity index (χ2n) is 5.55. The maximum Gasteiger partial charge on any atom is 0.271 e. The highest BCUT2D eigenvalue weighted by Crippen LogP contribution is 2.18. The smallest absolute Gasteiger partial charge is 0.271 e. The summed E-state index contributed by atoms with van der Waals surface area (Å²) in [7, 11) is 0. The number of hydrogen-bond donors (Lipinski definition) is 2. The van der Waals surface area contributed by atoms with E-state index in [0.717, 1.165) is 10.4 Å². The molecule has 1 atom stereocenters. The van der Waals surface area contributed by atoms with Crippen LogP contribution in [0.25, 0.3) is 4.96 Å². The van der Waals surface area contributed by atoms with Crippen LogP contribution in [0, 0.1) is 0 Å². The molecule has 1 unspecified atom stereocenters. The van der Waals surface area contributed by atoms with Gasteiger partial charge in [-0.1, -0.05) is 30.3 Å². The van der Waals surface area contributed by atoms with Crippen LogP contribution in [-0.4, -0.2) is 33.0 Å². The Kier molecular flexibility index (Phi) is 4.73. The molecule has 0 radical (unpaired) electrons. The Morgan fingerprint density at radius 2 is 2.12 bits per heavy atom. The first-order valence-electron chi connectivity index (χ1n) is 7.55. The molecule has 0 saturated carbocycles. The number of aliphatic hydroxyl groups excluding tert-OH is 1. The zero-order valence-corrected chi connectivity index (χ0v) is 13.9. The maximum absolute atomic E-state index is 12.5. The fourth-order valence-electron chi connectivity index (χ4n) is 2.30. The summed E-state index contributed by atoms with van der Waals surface area (Å²) in [6.45, 7) is 1.65. The third-order valence-corrected chi connectivity index (χ3v) is 4.48. The molecule has 0 bridgehead atoms. The van der Waals surface area contributed by atoms with Crippen LogP contribution in [0.3, 0.4) is 0 Å². The molecule has 0 spiro atoms. The van der Waals surface area contributed by atoms with Crippen LogP contribution in [0.5, 0.6) is 0 Å². The Hall–Kier alpha value is -2.51. The minimum atomic E-state index is -0.674. The van der Waals surface area contributed by atoms with Gasteiger partial charge in [-0.25, -0.2) is 4.98 Å². The Morgan fingerprint density at radius 1 is 1.38 bits per heavy atom. The molecule has 2 N–H and O–H groups in total. The minimum Gasteiger partial charge on any atom is -0.392 e. The van der Waals surface area contributed by atoms with Gasteiger partial charge >= 0.3 is 0 Å². The Morgan fingerprint density at radius 3 is 2.83 bits per heavy atom. The van der Waals surface area contributed by atoms with Crippen LogP contribution >= 0.6 is 11.3 Å². The summed E-state index contributed by atoms with van der Waals surface area (Å²) in [6.07, 6.45) is 3.05. The average Bonchev–Trinajstić information content (AvgIpc) is 2.97. The Balaban J connectivity index is 1.89. The monoisotopic (exact) mass is 343 g/mol. The highest BCUT2D eigenvalue weighted by molar-refractivity contribution is 7.17. The van der Waals surface area contributed by atoms with E-state index in [1.165, 1.54) is 21.9 Å². The normalized spacial score (nSPS) is 12.2. The third-order valence-electron chi connectivity index (χ3n) is 3.48. The van der Waals surface area contributed by atoms with Crippen LogP contribution < -0.4 is 10.9 Å². The average molecular weight is 343 g/mol. The first kappa shape index (κ1) is 16.4. The summed E-state index contributed by atoms with van der Waals surface area (Å²) < 4.78 is 1.40. The summed E-state index contributed by atoms with van der Waals surface area (Å²) in [5.74, 6) is -0.529. The van der Waals surface area contributed by atoms with Crippen LogP contribution in [0.2, 0.25) is 0 Å². The second-order valence-corrected chi connectivity index (χ2v) is 6.64. The molecule has 2 aromatic heterocycles. The summed E-state index contributed by atoms with van der Waals surface area (Å²) in [5, 5.41) is 11.7. The first-order valence-corrected chi connectivity index (χ1v) is 8.36. The molecule has 6 nitrogen and oxygen atoms in total. The third kappa shape index (κ3) is 3.52. The lowest BCUT2D eigenvalue weighted by molar-refractivity contribution is 0.0922. The van der Waals surface area contributed by atoms with Crippen molar-refractivity contribution in [3.8, 4) is 0 Å². The molecular formula is C17H17N3O3S. The number of benzene rings is 1. The number of fused-ring (bicyclic) bond motifs is 1. The zero-order valence-electron chi connectivity index (χ0n) is 13.1. The van der Waals surface area contributed by atoms with Crippen molar-refractivity contribution in [1.82, 2.24) is 14.7 Å². The van der Waals surface area contributed by atoms with Crippen LogP contribution in [0.15, 0.2) is 47.5 Å². The fourth-order valence-corrected chi connectivity index (χ4v) is 3.27. The summed E-state index contributed by atoms with van der Waals surface area (Å²) in [5.41, 5.74) is 0.711. The van der Waals surface area contributed by atoms with Crippen molar-refractivity contribution in [1.29, 1.82) is 0 Å². The quantitative estimate of drug-likeness (QED) is 0.735. The van der Waals surface area contributed by atoms with Gasteiger partial charge in [-0.3, -0.25) is 14.0 Å². The summed E-state index contributed by atoms with van der Waals surface area (Å²) in [6, 6.07) is 9.94. The molecule has 7 heteroatoms. The molecular weight excluding hydrogens is 326 g/mol. The number of thiazole rings is 1. The maximum atomic E-state index is 12.5. The summed E-state index contributed by atoms with van der Waals surface area (Å²) in [4.78, 5) is 30.3. The molecule has 1 amide bonds. The van der Waals surface area contributed by atoms with E-state index in [0.29, 0.717) is 11.4 Å². The van der Waals surface area contributed by atoms with Crippen LogP contribution in [0.1, 0.15) is 27.7 Å². The standard InChI is InChI=1S/C17H17N3O3S/c1-11(21)8-18-15(22)14-9-19-17-20(16(14)23)10-13(24-17)7-12-5-3-2-4-6-12/h2-6,9-11,21H,7-8H2,1H3,(H,18,22). The molecule has 0 aliphatic heterocycles. The fraction of sp³-hybridized carbons (Fsp3) is 0.235. The first-order chi connectivity index (χ1) is 11.5. The highest BCUT2D eigenvalue weighted by atomic mass is 32.1. The van der Waals surface area contributed by atoms with Gasteiger partial charge in [-0.15, -0.1) is 11.3 Å². The van der Waals surface area contributed by atoms with Gasteiger partial charge in [0.1, 0.15) is 5.56 Å². The number of carbonyl (C=O) groups excluding carboxylic acids is 1. The van der Waals surface area contributed by atoms with E-state index in [4.69, 9.17) is 0 Å². The zero-order chi connectivity index (χ0) is 17.1. The van der Waals surface area contributed by atoms with Gasteiger partial charge in [0, 0.05) is 30.2 Å². The molecule has 1 aromatic carbocycles. The van der Waals surface area contributed by atoms with Gasteiger partial charge in [0.05, 0.1) is 6.10 Å². The highest BCUT2D eigenvalue weighted by Gasteiger charge is 2.15. The lowest BCUT2D eigenvalue weighted by Gasteiger charge is -2.06. The number of rotatable bonds is 5. The van der Waals surface area contributed by atoms with Gasteiger partial charge in [0.25, 0.3) is 11.5 Å². The molecule has 124 valence electrons. The van der Waals surface area contributed by atoms with E-state index in [1.807, 2.05) is 30.3 Å². The van der Waals surface area contributed by atoms with Crippen molar-refractivity contribution in [2.24, 2.45) is 0 Å². The lowest BCUT2D eigenvalue weighted by Crippen LogP contribution is -2.35. The SMILES string of the molecule is CC(O)CNC(=O)c1cnc2sc(Cc3ccccc3)cn2c1=O. The van der Waals surface area contributed by atoms with Crippen LogP contribution in [0.4, 0.5) is 0 Å². The Labute approximate surface area is 142 Å². The van der Waals surface area contributed by atoms with E-state index < -0.39 is 17.6 Å². The predicted octanol–water partition coefficient (Wildman–Crippen LogP) is 1.46. The number of hydrogen-bond acceptors (Lipinski definition) is 5. The van der Waals surface area contributed by atoms with Crippen molar-refractivity contribution in [2.75, 3.05) is 6.54 Å². The lowest BCUT2D eigenvalue weighted by atomic mass is 10.1. The molecule has 0 aliphatic carbocycles. The number of aliphatic hydroxyl groups is 1. The van der Waals surface area contributed by atoms with Crippen molar-refractivity contribution in [3.05, 3.63) is 69.1 Å². The van der Waals surface area contributed by atoms with Gasteiger partial charge < -0.3 is 10.4 Å². The van der Waals surface area contributed by atoms with Crippen LogP contribution in [-0.2, 0) is 6.42 Å². The van der Waals surface area contributed by atoms with Gasteiger partial charge in [-0.2, -0.15) is 0 Å². The van der Waals surface area contributed by atoms with Crippen molar-refractivity contribution < 1.29 is 9.90 Å². The molecule has 3 aromatic rings. The second kappa shape index (κ2) is 6.94. The topological polar surface area (TPSA) is 83.7 Å². The summed E-state index contributed by atoms with van der Waals surface area (Å²) >= 11 is 1.43. The molecule has 3 rings (SSSR count). The number of nitrogens with one attached hydrogen (secondary N) is 1. The number of aromatic nitrogens is 2. The van der Waals surface area contributed by atoms with Crippen molar-refractivity contribution in [2.45, 2.75) is 19.4 Å². The predicted molar refractivity (Wildman–Crippen MR) is 92.6 cm³/mol. The van der Waals surface area contributed by atoms with E-state index in [2.05, 4.69) is 10.3 Å². The number of amides is 1. The van der Waals surface area contributed by atoms with Gasteiger partial charge in [0.2, 0.25) is 0 Å². The molecule has 0 aliphatic rings. The Bertz CT molecular complexity index is 916. The van der Waals surface area contributed by atoms with E-state index in [-0.39, 0.29) is 12.1 Å². The van der Waals surface area contributed by atoms with E-state index in [9.17, 15) is 14.7 Å². The molecule has 0 fully saturated rings. The largest absolute Gasteiger partial charge is 0.392 e. The van der Waals surface area contributed by atoms with Crippen molar-refractivity contribution in [3.63, 3.8) is 0 Å². The van der Waals surface area contributed by atoms with Crippen molar-refractivity contribution >= 4 is 22.2 Å². The van der Waals surface area contributed by atoms with E-state index in [1.54, 1.807) is 13.1 Å². The molecule has 24 heavy (non-hydrogen) atoms. The van der Waals surface area contributed by atoms with E-state index >= 15 is 0 Å². The molecule has 0 saturated heterocycles.